The van der Waals surface area contributed by atoms with Gasteiger partial charge in [0, 0.05) is 0 Å². The van der Waals surface area contributed by atoms with Crippen molar-refractivity contribution in [2.45, 2.75) is 72.6 Å². The molecule has 3 nitrogen and oxygen atoms in total. The second-order valence-electron chi connectivity index (χ2n) is 5.97. The first-order chi connectivity index (χ1) is 12.7. The second kappa shape index (κ2) is 25.4. The first-order valence-corrected chi connectivity index (χ1v) is 10.0. The molecular formula is C23H38O3Ti. The summed E-state index contributed by atoms with van der Waals surface area (Å²) in [6, 6.07) is 12.9. The third-order valence-electron chi connectivity index (χ3n) is 3.64. The summed E-state index contributed by atoms with van der Waals surface area (Å²) in [5, 5.41) is 31.4. The first-order valence-electron chi connectivity index (χ1n) is 10.0. The Hall–Kier alpha value is -0.576. The van der Waals surface area contributed by atoms with Gasteiger partial charge in [-0.2, -0.15) is 12.1 Å². The van der Waals surface area contributed by atoms with Gasteiger partial charge in [-0.15, -0.1) is 48.8 Å². The molecule has 0 heterocycles. The van der Waals surface area contributed by atoms with E-state index < -0.39 is 0 Å². The Morgan fingerprint density at radius 3 is 1.56 bits per heavy atom. The van der Waals surface area contributed by atoms with Crippen molar-refractivity contribution in [1.29, 1.82) is 0 Å². The molecule has 152 valence electrons. The maximum atomic E-state index is 9.53. The Kier molecular flexibility index (Phi) is 29.3. The summed E-state index contributed by atoms with van der Waals surface area (Å²) >= 11 is 0. The van der Waals surface area contributed by atoms with E-state index in [1.807, 2.05) is 20.8 Å². The second-order valence-corrected chi connectivity index (χ2v) is 5.97. The van der Waals surface area contributed by atoms with Gasteiger partial charge in [-0.3, -0.25) is 0 Å². The van der Waals surface area contributed by atoms with Gasteiger partial charge in [0.15, 0.2) is 0 Å². The van der Waals surface area contributed by atoms with Crippen molar-refractivity contribution >= 4 is 10.8 Å². The van der Waals surface area contributed by atoms with Crippen molar-refractivity contribution in [1.82, 2.24) is 0 Å². The molecule has 27 heavy (non-hydrogen) atoms. The average molecular weight is 410 g/mol. The fourth-order valence-corrected chi connectivity index (χ4v) is 1.97. The van der Waals surface area contributed by atoms with Gasteiger partial charge in [0.25, 0.3) is 0 Å². The minimum atomic E-state index is 0. The SMILES string of the molecule is CCCC[O-].CCCC[O-].CCCC[O-].CCc1cccc2[cH-]ccc12.[Ti+4]. The molecule has 0 aliphatic heterocycles. The van der Waals surface area contributed by atoms with Crippen molar-refractivity contribution in [3.63, 3.8) is 0 Å². The molecule has 0 N–H and O–H groups in total. The van der Waals surface area contributed by atoms with E-state index in [2.05, 4.69) is 43.3 Å². The number of benzene rings is 1. The van der Waals surface area contributed by atoms with E-state index in [0.717, 1.165) is 44.9 Å². The van der Waals surface area contributed by atoms with Gasteiger partial charge in [-0.1, -0.05) is 77.8 Å². The van der Waals surface area contributed by atoms with Gasteiger partial charge < -0.3 is 15.3 Å². The molecular weight excluding hydrogens is 372 g/mol. The predicted molar refractivity (Wildman–Crippen MR) is 108 cm³/mol. The first kappa shape index (κ1) is 31.1. The maximum absolute atomic E-state index is 9.53. The third-order valence-corrected chi connectivity index (χ3v) is 3.64. The molecule has 0 aromatic heterocycles. The minimum Gasteiger partial charge on any atom is -0.854 e. The van der Waals surface area contributed by atoms with Gasteiger partial charge in [-0.05, 0) is 6.42 Å². The number of aryl methyl sites for hydroxylation is 1. The number of fused-ring (bicyclic) bond motifs is 1. The number of hydrogen-bond donors (Lipinski definition) is 0. The zero-order valence-electron chi connectivity index (χ0n) is 17.8. The molecule has 0 fully saturated rings. The quantitative estimate of drug-likeness (QED) is 0.518. The summed E-state index contributed by atoms with van der Waals surface area (Å²) in [5.41, 5.74) is 1.45. The number of rotatable bonds is 7. The molecule has 0 aliphatic carbocycles. The van der Waals surface area contributed by atoms with Crippen LogP contribution in [0, 0.1) is 0 Å². The zero-order valence-corrected chi connectivity index (χ0v) is 19.3. The molecule has 4 heteroatoms. The fraction of sp³-hybridized carbons (Fsp3) is 0.609. The van der Waals surface area contributed by atoms with Gasteiger partial charge in [0.05, 0.1) is 0 Å². The monoisotopic (exact) mass is 410 g/mol. The molecule has 0 bridgehead atoms. The minimum absolute atomic E-state index is 0. The van der Waals surface area contributed by atoms with Gasteiger partial charge >= 0.3 is 21.7 Å². The van der Waals surface area contributed by atoms with E-state index in [1.165, 1.54) is 16.3 Å². The van der Waals surface area contributed by atoms with Crippen LogP contribution < -0.4 is 15.3 Å². The van der Waals surface area contributed by atoms with Crippen LogP contribution in [0.5, 0.6) is 0 Å². The Morgan fingerprint density at radius 1 is 0.741 bits per heavy atom. The van der Waals surface area contributed by atoms with E-state index in [1.54, 1.807) is 0 Å². The van der Waals surface area contributed by atoms with Crippen LogP contribution in [0.15, 0.2) is 36.4 Å². The molecule has 2 rings (SSSR count). The standard InChI is InChI=1S/C11H11.3C4H9O.Ti/c1-2-9-5-3-6-10-7-4-8-11(9)10;3*1-2-3-4-5;/h3-8H,2H2,1H3;3*2-4H2,1H3;/q4*-1;+4. The Labute approximate surface area is 182 Å². The number of hydrogen-bond acceptors (Lipinski definition) is 3. The Morgan fingerprint density at radius 2 is 1.22 bits per heavy atom. The van der Waals surface area contributed by atoms with Crippen molar-refractivity contribution in [3.05, 3.63) is 42.0 Å². The van der Waals surface area contributed by atoms with Crippen LogP contribution in [0.2, 0.25) is 0 Å². The molecule has 0 amide bonds. The maximum Gasteiger partial charge on any atom is 4.00 e. The largest absolute Gasteiger partial charge is 4.00 e. The molecule has 0 saturated carbocycles. The normalized spacial score (nSPS) is 9.00. The summed E-state index contributed by atoms with van der Waals surface area (Å²) in [6.45, 7) is 8.51. The van der Waals surface area contributed by atoms with Crippen LogP contribution in [0.3, 0.4) is 0 Å². The fourth-order valence-electron chi connectivity index (χ4n) is 1.97. The van der Waals surface area contributed by atoms with E-state index in [4.69, 9.17) is 0 Å². The summed E-state index contributed by atoms with van der Waals surface area (Å²) < 4.78 is 0. The van der Waals surface area contributed by atoms with Gasteiger partial charge in [0.2, 0.25) is 0 Å². The molecule has 0 spiro atoms. The topological polar surface area (TPSA) is 69.2 Å². The third kappa shape index (κ3) is 18.5. The summed E-state index contributed by atoms with van der Waals surface area (Å²) in [5.74, 6) is 0. The summed E-state index contributed by atoms with van der Waals surface area (Å²) in [4.78, 5) is 0. The van der Waals surface area contributed by atoms with Gasteiger partial charge in [0.1, 0.15) is 0 Å². The smallest absolute Gasteiger partial charge is 0.854 e. The molecule has 0 saturated heterocycles. The van der Waals surface area contributed by atoms with Crippen molar-refractivity contribution < 1.29 is 37.0 Å². The summed E-state index contributed by atoms with van der Waals surface area (Å²) in [7, 11) is 0. The van der Waals surface area contributed by atoms with Crippen LogP contribution in [0.1, 0.15) is 71.8 Å². The average Bonchev–Trinajstić information content (AvgIpc) is 3.14. The van der Waals surface area contributed by atoms with Crippen LogP contribution in [-0.4, -0.2) is 19.8 Å². The molecule has 0 atom stereocenters. The van der Waals surface area contributed by atoms with Crippen LogP contribution >= 0.6 is 0 Å². The van der Waals surface area contributed by atoms with E-state index in [0.29, 0.717) is 0 Å². The van der Waals surface area contributed by atoms with Crippen molar-refractivity contribution in [2.75, 3.05) is 19.8 Å². The predicted octanol–water partition coefficient (Wildman–Crippen LogP) is 3.56. The van der Waals surface area contributed by atoms with Crippen LogP contribution in [-0.2, 0) is 28.1 Å². The molecule has 2 aromatic rings. The van der Waals surface area contributed by atoms with Crippen molar-refractivity contribution in [2.24, 2.45) is 0 Å². The van der Waals surface area contributed by atoms with E-state index in [-0.39, 0.29) is 41.5 Å². The number of unbranched alkanes of at least 4 members (excludes halogenated alkanes) is 3. The molecule has 0 aliphatic rings. The van der Waals surface area contributed by atoms with E-state index in [9.17, 15) is 15.3 Å². The van der Waals surface area contributed by atoms with Crippen LogP contribution in [0.25, 0.3) is 10.8 Å². The zero-order chi connectivity index (χ0) is 20.0. The van der Waals surface area contributed by atoms with E-state index >= 15 is 0 Å². The Bertz CT molecular complexity index is 477. The Balaban J connectivity index is -0.000000311. The molecule has 2 aromatic carbocycles. The summed E-state index contributed by atoms with van der Waals surface area (Å²) in [6.07, 6.45) is 6.72. The van der Waals surface area contributed by atoms with Crippen molar-refractivity contribution in [3.8, 4) is 0 Å². The van der Waals surface area contributed by atoms with Gasteiger partial charge in [-0.25, -0.2) is 0 Å². The van der Waals surface area contributed by atoms with Crippen LogP contribution in [0.4, 0.5) is 0 Å². The molecule has 0 radical (unpaired) electrons. The molecule has 0 unspecified atom stereocenters.